The predicted octanol–water partition coefficient (Wildman–Crippen LogP) is 2.24. The van der Waals surface area contributed by atoms with Gasteiger partial charge in [-0.1, -0.05) is 30.3 Å². The highest BCUT2D eigenvalue weighted by atomic mass is 32.2. The lowest BCUT2D eigenvalue weighted by Crippen LogP contribution is -2.31. The van der Waals surface area contributed by atoms with E-state index in [0.29, 0.717) is 24.2 Å². The summed E-state index contributed by atoms with van der Waals surface area (Å²) in [5.74, 6) is -1.66. The first-order valence-electron chi connectivity index (χ1n) is 10.3. The van der Waals surface area contributed by atoms with Crippen LogP contribution in [0.25, 0.3) is 0 Å². The molecule has 0 atom stereocenters. The molecule has 2 amide bonds. The largest absolute Gasteiger partial charge is 0.459 e. The minimum absolute atomic E-state index is 0.0181. The number of nitrogens with one attached hydrogen (secondary N) is 2. The second-order valence-corrected chi connectivity index (χ2v) is 8.95. The number of benzene rings is 2. The van der Waals surface area contributed by atoms with Crippen molar-refractivity contribution in [2.45, 2.75) is 24.8 Å². The second kappa shape index (κ2) is 11.2. The standard InChI is InChI=1S/C24H23N3O6S/c1-17(28)33-16-21-10-7-20(15-26-21)24(30)27-34(31,32)22-11-8-19(9-12-22)23(29)25-14-13-18-5-3-2-4-6-18/h2-12,15H,13-14,16H2,1H3,(H,25,29)(H,27,30). The van der Waals surface area contributed by atoms with Crippen LogP contribution >= 0.6 is 0 Å². The quantitative estimate of drug-likeness (QED) is 0.448. The molecule has 1 heterocycles. The van der Waals surface area contributed by atoms with Crippen LogP contribution in [0.5, 0.6) is 0 Å². The highest BCUT2D eigenvalue weighted by Gasteiger charge is 2.19. The fraction of sp³-hybridized carbons (Fsp3) is 0.167. The zero-order chi connectivity index (χ0) is 24.6. The van der Waals surface area contributed by atoms with Gasteiger partial charge in [0, 0.05) is 25.2 Å². The van der Waals surface area contributed by atoms with Crippen molar-refractivity contribution in [3.63, 3.8) is 0 Å². The van der Waals surface area contributed by atoms with Gasteiger partial charge in [0.2, 0.25) is 0 Å². The Kier molecular flexibility index (Phi) is 8.10. The molecule has 3 aromatic rings. The fourth-order valence-corrected chi connectivity index (χ4v) is 3.89. The number of esters is 1. The zero-order valence-electron chi connectivity index (χ0n) is 18.4. The van der Waals surface area contributed by atoms with Crippen molar-refractivity contribution >= 4 is 27.8 Å². The van der Waals surface area contributed by atoms with E-state index in [9.17, 15) is 22.8 Å². The molecule has 1 aromatic heterocycles. The molecule has 0 saturated heterocycles. The Labute approximate surface area is 197 Å². The Morgan fingerprint density at radius 3 is 2.18 bits per heavy atom. The lowest BCUT2D eigenvalue weighted by Gasteiger charge is -2.09. The van der Waals surface area contributed by atoms with Gasteiger partial charge in [-0.3, -0.25) is 19.4 Å². The predicted molar refractivity (Wildman–Crippen MR) is 123 cm³/mol. The smallest absolute Gasteiger partial charge is 0.303 e. The maximum atomic E-state index is 12.6. The molecule has 0 spiro atoms. The summed E-state index contributed by atoms with van der Waals surface area (Å²) in [6.45, 7) is 1.64. The molecule has 10 heteroatoms. The molecular formula is C24H23N3O6S. The maximum Gasteiger partial charge on any atom is 0.303 e. The molecule has 0 bridgehead atoms. The van der Waals surface area contributed by atoms with Crippen LogP contribution in [0, 0.1) is 0 Å². The number of hydrogen-bond donors (Lipinski definition) is 2. The maximum absolute atomic E-state index is 12.6. The van der Waals surface area contributed by atoms with Crippen molar-refractivity contribution in [3.8, 4) is 0 Å². The minimum Gasteiger partial charge on any atom is -0.459 e. The lowest BCUT2D eigenvalue weighted by molar-refractivity contribution is -0.142. The monoisotopic (exact) mass is 481 g/mol. The molecule has 9 nitrogen and oxygen atoms in total. The number of pyridine rings is 1. The van der Waals surface area contributed by atoms with Gasteiger partial charge >= 0.3 is 5.97 Å². The minimum atomic E-state index is -4.16. The highest BCUT2D eigenvalue weighted by molar-refractivity contribution is 7.90. The van der Waals surface area contributed by atoms with Crippen molar-refractivity contribution < 1.29 is 27.5 Å². The van der Waals surface area contributed by atoms with Crippen molar-refractivity contribution in [1.29, 1.82) is 0 Å². The number of carbonyl (C=O) groups excluding carboxylic acids is 3. The normalized spacial score (nSPS) is 10.9. The fourth-order valence-electron chi connectivity index (χ4n) is 2.91. The molecule has 2 aromatic carbocycles. The van der Waals surface area contributed by atoms with E-state index >= 15 is 0 Å². The third kappa shape index (κ3) is 6.97. The van der Waals surface area contributed by atoms with Crippen molar-refractivity contribution in [2.75, 3.05) is 6.54 Å². The molecule has 0 fully saturated rings. The summed E-state index contributed by atoms with van der Waals surface area (Å²) in [7, 11) is -4.16. The number of hydrogen-bond acceptors (Lipinski definition) is 7. The molecule has 2 N–H and O–H groups in total. The molecular weight excluding hydrogens is 458 g/mol. The van der Waals surface area contributed by atoms with Crippen LogP contribution in [-0.2, 0) is 32.6 Å². The topological polar surface area (TPSA) is 132 Å². The molecule has 0 radical (unpaired) electrons. The van der Waals surface area contributed by atoms with Crippen LogP contribution in [0.1, 0.15) is 38.9 Å². The summed E-state index contributed by atoms with van der Waals surface area (Å²) < 4.78 is 31.9. The number of aromatic nitrogens is 1. The van der Waals surface area contributed by atoms with Crippen LogP contribution < -0.4 is 10.0 Å². The molecule has 3 rings (SSSR count). The van der Waals surface area contributed by atoms with Crippen LogP contribution in [-0.4, -0.2) is 37.7 Å². The molecule has 34 heavy (non-hydrogen) atoms. The summed E-state index contributed by atoms with van der Waals surface area (Å²) >= 11 is 0. The molecule has 0 unspecified atom stereocenters. The first-order chi connectivity index (χ1) is 16.2. The molecule has 0 saturated carbocycles. The van der Waals surface area contributed by atoms with E-state index in [1.54, 1.807) is 0 Å². The van der Waals surface area contributed by atoms with Crippen molar-refractivity contribution in [3.05, 3.63) is 95.3 Å². The Morgan fingerprint density at radius 1 is 0.882 bits per heavy atom. The zero-order valence-corrected chi connectivity index (χ0v) is 19.2. The van der Waals surface area contributed by atoms with E-state index in [1.165, 1.54) is 49.5 Å². The highest BCUT2D eigenvalue weighted by Crippen LogP contribution is 2.12. The molecule has 0 aliphatic carbocycles. The van der Waals surface area contributed by atoms with Gasteiger partial charge in [-0.25, -0.2) is 13.1 Å². The number of ether oxygens (including phenoxy) is 1. The third-order valence-electron chi connectivity index (χ3n) is 4.71. The van der Waals surface area contributed by atoms with Gasteiger partial charge in [0.15, 0.2) is 0 Å². The van der Waals surface area contributed by atoms with Gasteiger partial charge in [0.05, 0.1) is 16.2 Å². The Hall–Kier alpha value is -4.05. The van der Waals surface area contributed by atoms with E-state index in [2.05, 4.69) is 10.3 Å². The van der Waals surface area contributed by atoms with E-state index in [4.69, 9.17) is 4.74 Å². The average Bonchev–Trinajstić information content (AvgIpc) is 2.83. The summed E-state index contributed by atoms with van der Waals surface area (Å²) in [6.07, 6.45) is 1.86. The summed E-state index contributed by atoms with van der Waals surface area (Å²) in [6, 6.07) is 17.8. The van der Waals surface area contributed by atoms with E-state index in [1.807, 2.05) is 35.1 Å². The summed E-state index contributed by atoms with van der Waals surface area (Å²) in [5.41, 5.74) is 1.82. The summed E-state index contributed by atoms with van der Waals surface area (Å²) in [4.78, 5) is 39.3. The average molecular weight is 482 g/mol. The van der Waals surface area contributed by atoms with Gasteiger partial charge in [-0.05, 0) is 48.4 Å². The van der Waals surface area contributed by atoms with Gasteiger partial charge < -0.3 is 10.1 Å². The van der Waals surface area contributed by atoms with Crippen LogP contribution in [0.3, 0.4) is 0 Å². The molecule has 176 valence electrons. The van der Waals surface area contributed by atoms with E-state index in [0.717, 1.165) is 5.56 Å². The Morgan fingerprint density at radius 2 is 1.56 bits per heavy atom. The van der Waals surface area contributed by atoms with Crippen molar-refractivity contribution in [2.24, 2.45) is 0 Å². The van der Waals surface area contributed by atoms with E-state index < -0.39 is 21.9 Å². The number of nitrogens with zero attached hydrogens (tertiary/aromatic N) is 1. The third-order valence-corrected chi connectivity index (χ3v) is 6.05. The van der Waals surface area contributed by atoms with Gasteiger partial charge in [0.1, 0.15) is 6.61 Å². The summed E-state index contributed by atoms with van der Waals surface area (Å²) in [5, 5.41) is 2.79. The van der Waals surface area contributed by atoms with Gasteiger partial charge in [0.25, 0.3) is 21.8 Å². The number of sulfonamides is 1. The first-order valence-corrected chi connectivity index (χ1v) is 11.8. The molecule has 0 aliphatic heterocycles. The number of rotatable bonds is 9. The Bertz CT molecular complexity index is 1260. The lowest BCUT2D eigenvalue weighted by atomic mass is 10.1. The van der Waals surface area contributed by atoms with Crippen LogP contribution in [0.15, 0.2) is 77.8 Å². The van der Waals surface area contributed by atoms with E-state index in [-0.39, 0.29) is 23.0 Å². The number of amides is 2. The van der Waals surface area contributed by atoms with Crippen molar-refractivity contribution in [1.82, 2.24) is 15.0 Å². The Balaban J connectivity index is 1.56. The number of carbonyl (C=O) groups is 3. The first kappa shape index (κ1) is 24.6. The van der Waals surface area contributed by atoms with Crippen LogP contribution in [0.4, 0.5) is 0 Å². The van der Waals surface area contributed by atoms with Gasteiger partial charge in [-0.15, -0.1) is 0 Å². The van der Waals surface area contributed by atoms with Gasteiger partial charge in [-0.2, -0.15) is 0 Å². The molecule has 0 aliphatic rings. The van der Waals surface area contributed by atoms with Crippen LogP contribution in [0.2, 0.25) is 0 Å². The second-order valence-electron chi connectivity index (χ2n) is 7.27. The SMILES string of the molecule is CC(=O)OCc1ccc(C(=O)NS(=O)(=O)c2ccc(C(=O)NCCc3ccccc3)cc2)cn1.